The van der Waals surface area contributed by atoms with E-state index in [-0.39, 0.29) is 0 Å². The van der Waals surface area contributed by atoms with Gasteiger partial charge < -0.3 is 14.5 Å². The SMILES string of the molecule is Cc1nc(Br)c(Cc2ccc3c(c2)OCCCO3)[nH]1. The van der Waals surface area contributed by atoms with Crippen LogP contribution >= 0.6 is 15.9 Å². The minimum absolute atomic E-state index is 0.712. The maximum Gasteiger partial charge on any atom is 0.161 e. The number of benzene rings is 1. The minimum atomic E-state index is 0.712. The predicted octanol–water partition coefficient (Wildman–Crippen LogP) is 3.23. The Morgan fingerprint density at radius 3 is 2.79 bits per heavy atom. The Morgan fingerprint density at radius 1 is 1.26 bits per heavy atom. The topological polar surface area (TPSA) is 47.1 Å². The third-order valence-electron chi connectivity index (χ3n) is 3.04. The maximum absolute atomic E-state index is 5.70. The zero-order chi connectivity index (χ0) is 13.2. The van der Waals surface area contributed by atoms with Crippen molar-refractivity contribution in [2.75, 3.05) is 13.2 Å². The van der Waals surface area contributed by atoms with Crippen molar-refractivity contribution in [1.29, 1.82) is 0 Å². The number of halogens is 1. The predicted molar refractivity (Wildman–Crippen MR) is 75.9 cm³/mol. The zero-order valence-electron chi connectivity index (χ0n) is 10.7. The second kappa shape index (κ2) is 5.25. The smallest absolute Gasteiger partial charge is 0.161 e. The van der Waals surface area contributed by atoms with Crippen LogP contribution in [0.5, 0.6) is 11.5 Å². The summed E-state index contributed by atoms with van der Waals surface area (Å²) in [4.78, 5) is 7.57. The number of nitrogens with one attached hydrogen (secondary N) is 1. The van der Waals surface area contributed by atoms with Gasteiger partial charge in [0.15, 0.2) is 11.5 Å². The van der Waals surface area contributed by atoms with Gasteiger partial charge in [-0.25, -0.2) is 4.98 Å². The molecule has 3 rings (SSSR count). The van der Waals surface area contributed by atoms with Crippen molar-refractivity contribution >= 4 is 15.9 Å². The summed E-state index contributed by atoms with van der Waals surface area (Å²) in [6.07, 6.45) is 1.72. The first kappa shape index (κ1) is 12.5. The van der Waals surface area contributed by atoms with Gasteiger partial charge in [0.1, 0.15) is 10.4 Å². The molecule has 100 valence electrons. The fourth-order valence-electron chi connectivity index (χ4n) is 2.15. The van der Waals surface area contributed by atoms with Gasteiger partial charge in [-0.2, -0.15) is 0 Å². The summed E-state index contributed by atoms with van der Waals surface area (Å²) < 4.78 is 12.2. The number of aromatic nitrogens is 2. The molecule has 0 atom stereocenters. The molecule has 1 aliphatic rings. The molecule has 0 radical (unpaired) electrons. The number of imidazole rings is 1. The molecule has 1 aliphatic heterocycles. The molecule has 2 aromatic rings. The molecule has 1 N–H and O–H groups in total. The average Bonchev–Trinajstić information content (AvgIpc) is 2.60. The van der Waals surface area contributed by atoms with Crippen LogP contribution in [0, 0.1) is 6.92 Å². The van der Waals surface area contributed by atoms with Gasteiger partial charge in [-0.15, -0.1) is 0 Å². The Morgan fingerprint density at radius 2 is 2.05 bits per heavy atom. The van der Waals surface area contributed by atoms with E-state index < -0.39 is 0 Å². The fraction of sp³-hybridized carbons (Fsp3) is 0.357. The highest BCUT2D eigenvalue weighted by molar-refractivity contribution is 9.10. The third kappa shape index (κ3) is 2.76. The average molecular weight is 323 g/mol. The molecule has 19 heavy (non-hydrogen) atoms. The van der Waals surface area contributed by atoms with Gasteiger partial charge in [0, 0.05) is 12.8 Å². The highest BCUT2D eigenvalue weighted by Crippen LogP contribution is 2.31. The van der Waals surface area contributed by atoms with Gasteiger partial charge in [0.2, 0.25) is 0 Å². The largest absolute Gasteiger partial charge is 0.490 e. The lowest BCUT2D eigenvalue weighted by molar-refractivity contribution is 0.297. The van der Waals surface area contributed by atoms with Gasteiger partial charge in [-0.3, -0.25) is 0 Å². The number of rotatable bonds is 2. The standard InChI is InChI=1S/C14H15BrN2O2/c1-9-16-11(14(15)17-9)7-10-3-4-12-13(8-10)19-6-2-5-18-12/h3-4,8H,2,5-7H2,1H3,(H,16,17). The van der Waals surface area contributed by atoms with Crippen LogP contribution in [0.2, 0.25) is 0 Å². The van der Waals surface area contributed by atoms with Crippen LogP contribution in [-0.2, 0) is 6.42 Å². The quantitative estimate of drug-likeness (QED) is 0.923. The molecule has 4 nitrogen and oxygen atoms in total. The van der Waals surface area contributed by atoms with E-state index in [1.54, 1.807) is 0 Å². The van der Waals surface area contributed by atoms with E-state index in [0.717, 1.165) is 47.1 Å². The number of aryl methyl sites for hydroxylation is 1. The molecular formula is C14H15BrN2O2. The zero-order valence-corrected chi connectivity index (χ0v) is 12.3. The lowest BCUT2D eigenvalue weighted by Gasteiger charge is -2.09. The number of H-pyrrole nitrogens is 1. The van der Waals surface area contributed by atoms with Crippen LogP contribution in [0.3, 0.4) is 0 Å². The Bertz CT molecular complexity index is 595. The molecule has 0 bridgehead atoms. The second-order valence-electron chi connectivity index (χ2n) is 4.60. The number of ether oxygens (including phenoxy) is 2. The van der Waals surface area contributed by atoms with Crippen molar-refractivity contribution in [3.8, 4) is 11.5 Å². The van der Waals surface area contributed by atoms with E-state index in [1.807, 2.05) is 19.1 Å². The second-order valence-corrected chi connectivity index (χ2v) is 5.35. The summed E-state index contributed by atoms with van der Waals surface area (Å²) in [5.41, 5.74) is 2.25. The molecule has 0 amide bonds. The molecule has 0 saturated heterocycles. The van der Waals surface area contributed by atoms with Gasteiger partial charge in [-0.1, -0.05) is 6.07 Å². The molecule has 0 fully saturated rings. The van der Waals surface area contributed by atoms with Gasteiger partial charge >= 0.3 is 0 Å². The molecule has 0 unspecified atom stereocenters. The first-order valence-electron chi connectivity index (χ1n) is 6.32. The summed E-state index contributed by atoms with van der Waals surface area (Å²) in [6, 6.07) is 6.09. The van der Waals surface area contributed by atoms with Crippen molar-refractivity contribution in [2.24, 2.45) is 0 Å². The molecule has 1 aromatic carbocycles. The molecular weight excluding hydrogens is 308 g/mol. The Hall–Kier alpha value is -1.49. The fourth-order valence-corrected chi connectivity index (χ4v) is 2.66. The summed E-state index contributed by atoms with van der Waals surface area (Å²) >= 11 is 3.46. The minimum Gasteiger partial charge on any atom is -0.490 e. The van der Waals surface area contributed by atoms with Crippen molar-refractivity contribution in [3.05, 3.63) is 39.9 Å². The number of nitrogens with zero attached hydrogens (tertiary/aromatic N) is 1. The van der Waals surface area contributed by atoms with Crippen LogP contribution in [0.1, 0.15) is 23.5 Å². The van der Waals surface area contributed by atoms with Crippen molar-refractivity contribution in [2.45, 2.75) is 19.8 Å². The van der Waals surface area contributed by atoms with Crippen LogP contribution in [0.25, 0.3) is 0 Å². The molecule has 0 saturated carbocycles. The van der Waals surface area contributed by atoms with Crippen molar-refractivity contribution in [1.82, 2.24) is 9.97 Å². The highest BCUT2D eigenvalue weighted by atomic mass is 79.9. The summed E-state index contributed by atoms with van der Waals surface area (Å²) in [7, 11) is 0. The number of fused-ring (bicyclic) bond motifs is 1. The molecule has 0 aliphatic carbocycles. The molecule has 2 heterocycles. The summed E-state index contributed by atoms with van der Waals surface area (Å²) in [6.45, 7) is 3.38. The van der Waals surface area contributed by atoms with E-state index in [1.165, 1.54) is 5.56 Å². The number of hydrogen-bond donors (Lipinski definition) is 1. The maximum atomic E-state index is 5.70. The molecule has 0 spiro atoms. The third-order valence-corrected chi connectivity index (χ3v) is 3.70. The van der Waals surface area contributed by atoms with E-state index in [2.05, 4.69) is 32.0 Å². The summed E-state index contributed by atoms with van der Waals surface area (Å²) in [5, 5.41) is 0. The van der Waals surface area contributed by atoms with Crippen molar-refractivity contribution in [3.63, 3.8) is 0 Å². The number of hydrogen-bond acceptors (Lipinski definition) is 3. The van der Waals surface area contributed by atoms with E-state index >= 15 is 0 Å². The number of aromatic amines is 1. The first-order chi connectivity index (χ1) is 9.22. The van der Waals surface area contributed by atoms with Crippen molar-refractivity contribution < 1.29 is 9.47 Å². The van der Waals surface area contributed by atoms with Gasteiger partial charge in [0.25, 0.3) is 0 Å². The highest BCUT2D eigenvalue weighted by Gasteiger charge is 2.12. The lowest BCUT2D eigenvalue weighted by Crippen LogP contribution is -1.97. The summed E-state index contributed by atoms with van der Waals surface area (Å²) in [5.74, 6) is 2.58. The molecule has 5 heteroatoms. The monoisotopic (exact) mass is 322 g/mol. The van der Waals surface area contributed by atoms with Crippen LogP contribution in [0.15, 0.2) is 22.8 Å². The van der Waals surface area contributed by atoms with E-state index in [0.29, 0.717) is 6.61 Å². The van der Waals surface area contributed by atoms with Crippen LogP contribution in [0.4, 0.5) is 0 Å². The van der Waals surface area contributed by atoms with E-state index in [9.17, 15) is 0 Å². The Kier molecular flexibility index (Phi) is 3.46. The van der Waals surface area contributed by atoms with Gasteiger partial charge in [-0.05, 0) is 40.5 Å². The van der Waals surface area contributed by atoms with Crippen LogP contribution < -0.4 is 9.47 Å². The molecule has 1 aromatic heterocycles. The van der Waals surface area contributed by atoms with E-state index in [4.69, 9.17) is 9.47 Å². The van der Waals surface area contributed by atoms with Crippen LogP contribution in [-0.4, -0.2) is 23.2 Å². The normalized spacial score (nSPS) is 14.2. The lowest BCUT2D eigenvalue weighted by atomic mass is 10.1. The Balaban J connectivity index is 1.86. The van der Waals surface area contributed by atoms with Gasteiger partial charge in [0.05, 0.1) is 18.9 Å². The first-order valence-corrected chi connectivity index (χ1v) is 7.11. The Labute approximate surface area is 120 Å².